The molecule has 2 amide bonds. The summed E-state index contributed by atoms with van der Waals surface area (Å²) in [6, 6.07) is 19.4. The molecule has 5 rings (SSSR count). The molecule has 3 aromatic carbocycles. The van der Waals surface area contributed by atoms with Crippen LogP contribution in [0.4, 0.5) is 23.7 Å². The first-order valence-corrected chi connectivity index (χ1v) is 16.7. The summed E-state index contributed by atoms with van der Waals surface area (Å²) in [5.41, 5.74) is 6.02. The largest absolute Gasteiger partial charge is 0.573 e. The second-order valence-corrected chi connectivity index (χ2v) is 12.9. The van der Waals surface area contributed by atoms with Crippen molar-refractivity contribution in [3.05, 3.63) is 89.7 Å². The fourth-order valence-electron chi connectivity index (χ4n) is 5.82. The number of anilines is 1. The molecule has 12 heteroatoms. The summed E-state index contributed by atoms with van der Waals surface area (Å²) in [4.78, 5) is 24.3. The third-order valence-electron chi connectivity index (χ3n) is 8.21. The molecule has 8 nitrogen and oxygen atoms in total. The summed E-state index contributed by atoms with van der Waals surface area (Å²) < 4.78 is 42.8. The quantitative estimate of drug-likeness (QED) is 0.193. The first kappa shape index (κ1) is 34.0. The molecule has 248 valence electrons. The standard InChI is InChI=1S/C35H39F3N6O2S/c1-6-25(20-39-33(45)41-34-44(24(5)18-19-47-34)30-9-7-8-23(4)31(30)22(2)3)26-10-12-27(13-11-26)32-40-21-43(42-32)28-14-16-29(17-15-28)46-35(36,37)38/h7-17,21-22,24-25H,6,18-20H2,1-5H3,(H,39,45). The lowest BCUT2D eigenvalue weighted by molar-refractivity contribution is -0.274. The van der Waals surface area contributed by atoms with Gasteiger partial charge in [0.25, 0.3) is 0 Å². The van der Waals surface area contributed by atoms with Crippen molar-refractivity contribution in [2.24, 2.45) is 4.99 Å². The minimum absolute atomic E-state index is 0.0782. The predicted octanol–water partition coefficient (Wildman–Crippen LogP) is 8.86. The molecule has 2 heterocycles. The van der Waals surface area contributed by atoms with E-state index in [4.69, 9.17) is 0 Å². The van der Waals surface area contributed by atoms with Crippen LogP contribution in [0.1, 0.15) is 69.1 Å². The number of amides is 2. The second-order valence-electron chi connectivity index (χ2n) is 11.9. The molecule has 0 saturated carbocycles. The lowest BCUT2D eigenvalue weighted by Gasteiger charge is -2.37. The molecule has 0 spiro atoms. The molecule has 1 aromatic heterocycles. The first-order chi connectivity index (χ1) is 22.4. The summed E-state index contributed by atoms with van der Waals surface area (Å²) in [6.07, 6.45) is -1.42. The highest BCUT2D eigenvalue weighted by Crippen LogP contribution is 2.36. The maximum atomic E-state index is 13.2. The van der Waals surface area contributed by atoms with E-state index in [0.29, 0.717) is 24.0 Å². The zero-order valence-electron chi connectivity index (χ0n) is 27.1. The molecule has 2 atom stereocenters. The van der Waals surface area contributed by atoms with Gasteiger partial charge in [-0.25, -0.2) is 14.5 Å². The number of hydrogen-bond acceptors (Lipinski definition) is 5. The molecule has 0 radical (unpaired) electrons. The van der Waals surface area contributed by atoms with E-state index in [1.54, 1.807) is 11.8 Å². The van der Waals surface area contributed by atoms with Gasteiger partial charge in [0.05, 0.1) is 5.69 Å². The van der Waals surface area contributed by atoms with E-state index in [1.165, 1.54) is 46.4 Å². The maximum absolute atomic E-state index is 13.2. The Morgan fingerprint density at radius 3 is 2.49 bits per heavy atom. The first-order valence-electron chi connectivity index (χ1n) is 15.7. The fourth-order valence-corrected chi connectivity index (χ4v) is 7.03. The highest BCUT2D eigenvalue weighted by molar-refractivity contribution is 8.14. The number of hydrogen-bond donors (Lipinski definition) is 1. The van der Waals surface area contributed by atoms with E-state index in [1.807, 2.05) is 24.3 Å². The molecule has 47 heavy (non-hydrogen) atoms. The van der Waals surface area contributed by atoms with Crippen LogP contribution in [0.3, 0.4) is 0 Å². The summed E-state index contributed by atoms with van der Waals surface area (Å²) in [6.45, 7) is 11.2. The van der Waals surface area contributed by atoms with Gasteiger partial charge in [-0.15, -0.1) is 18.3 Å². The maximum Gasteiger partial charge on any atom is 0.573 e. The van der Waals surface area contributed by atoms with E-state index in [9.17, 15) is 18.0 Å². The molecule has 1 saturated heterocycles. The molecule has 1 N–H and O–H groups in total. The normalized spacial score (nSPS) is 16.8. The van der Waals surface area contributed by atoms with Gasteiger partial charge in [0.2, 0.25) is 0 Å². The number of nitrogens with zero attached hydrogens (tertiary/aromatic N) is 5. The van der Waals surface area contributed by atoms with Crippen LogP contribution >= 0.6 is 11.8 Å². The van der Waals surface area contributed by atoms with Crippen LogP contribution in [0.15, 0.2) is 78.0 Å². The average Bonchev–Trinajstić information content (AvgIpc) is 3.52. The van der Waals surface area contributed by atoms with Crippen molar-refractivity contribution in [2.75, 3.05) is 17.2 Å². The minimum Gasteiger partial charge on any atom is -0.406 e. The molecule has 0 aliphatic carbocycles. The van der Waals surface area contributed by atoms with E-state index in [2.05, 4.69) is 82.8 Å². The van der Waals surface area contributed by atoms with Crippen LogP contribution < -0.4 is 15.0 Å². The van der Waals surface area contributed by atoms with Gasteiger partial charge in [-0.05, 0) is 79.6 Å². The smallest absolute Gasteiger partial charge is 0.406 e. The van der Waals surface area contributed by atoms with E-state index < -0.39 is 6.36 Å². The van der Waals surface area contributed by atoms with Crippen molar-refractivity contribution in [3.63, 3.8) is 0 Å². The van der Waals surface area contributed by atoms with Crippen LogP contribution in [0, 0.1) is 6.92 Å². The van der Waals surface area contributed by atoms with Gasteiger partial charge in [-0.1, -0.05) is 68.9 Å². The van der Waals surface area contributed by atoms with E-state index >= 15 is 0 Å². The van der Waals surface area contributed by atoms with Crippen LogP contribution in [0.25, 0.3) is 17.1 Å². The van der Waals surface area contributed by atoms with Crippen molar-refractivity contribution < 1.29 is 22.7 Å². The predicted molar refractivity (Wildman–Crippen MR) is 182 cm³/mol. The number of aromatic nitrogens is 3. The Balaban J connectivity index is 1.24. The van der Waals surface area contributed by atoms with Crippen molar-refractivity contribution in [3.8, 4) is 22.8 Å². The Morgan fingerprint density at radius 1 is 1.11 bits per heavy atom. The minimum atomic E-state index is -4.75. The summed E-state index contributed by atoms with van der Waals surface area (Å²) in [7, 11) is 0. The Morgan fingerprint density at radius 2 is 1.83 bits per heavy atom. The Bertz CT molecular complexity index is 1700. The molecular weight excluding hydrogens is 625 g/mol. The highest BCUT2D eigenvalue weighted by Gasteiger charge is 2.31. The van der Waals surface area contributed by atoms with Gasteiger partial charge in [0.1, 0.15) is 12.1 Å². The fraction of sp³-hybridized carbons (Fsp3) is 0.371. The Labute approximate surface area is 277 Å². The zero-order chi connectivity index (χ0) is 33.7. The summed E-state index contributed by atoms with van der Waals surface area (Å²) in [5, 5.41) is 8.24. The number of carbonyl (C=O) groups is 1. The van der Waals surface area contributed by atoms with Crippen LogP contribution in [0.2, 0.25) is 0 Å². The number of thioether (sulfide) groups is 1. The molecule has 4 aromatic rings. The van der Waals surface area contributed by atoms with E-state index in [-0.39, 0.29) is 23.7 Å². The summed E-state index contributed by atoms with van der Waals surface area (Å²) >= 11 is 1.62. The lowest BCUT2D eigenvalue weighted by Crippen LogP contribution is -2.43. The van der Waals surface area contributed by atoms with Crippen LogP contribution in [-0.2, 0) is 0 Å². The highest BCUT2D eigenvalue weighted by atomic mass is 32.2. The van der Waals surface area contributed by atoms with Gasteiger partial charge < -0.3 is 15.0 Å². The van der Waals surface area contributed by atoms with Crippen LogP contribution in [0.5, 0.6) is 5.75 Å². The molecule has 2 unspecified atom stereocenters. The number of ether oxygens (including phenoxy) is 1. The van der Waals surface area contributed by atoms with Crippen molar-refractivity contribution >= 4 is 28.6 Å². The van der Waals surface area contributed by atoms with Gasteiger partial charge in [0.15, 0.2) is 11.0 Å². The number of nitrogens with one attached hydrogen (secondary N) is 1. The SMILES string of the molecule is CCC(CNC(=O)N=C1SCCC(C)N1c1cccc(C)c1C(C)C)c1ccc(-c2ncn(-c3ccc(OC(F)(F)F)cc3)n2)cc1. The number of benzene rings is 3. The molecular formula is C35H39F3N6O2S. The molecule has 1 aliphatic heterocycles. The third-order valence-corrected chi connectivity index (χ3v) is 9.19. The number of halogens is 3. The van der Waals surface area contributed by atoms with Gasteiger partial charge >= 0.3 is 12.4 Å². The second kappa shape index (κ2) is 14.6. The van der Waals surface area contributed by atoms with Crippen LogP contribution in [-0.4, -0.2) is 50.7 Å². The number of aryl methyl sites for hydroxylation is 1. The van der Waals surface area contributed by atoms with Crippen molar-refractivity contribution in [2.45, 2.75) is 71.7 Å². The van der Waals surface area contributed by atoms with Crippen molar-refractivity contribution in [1.29, 1.82) is 0 Å². The number of urea groups is 1. The topological polar surface area (TPSA) is 84.6 Å². The summed E-state index contributed by atoms with van der Waals surface area (Å²) in [5.74, 6) is 1.49. The van der Waals surface area contributed by atoms with Crippen molar-refractivity contribution in [1.82, 2.24) is 20.1 Å². The number of amidine groups is 1. The zero-order valence-corrected chi connectivity index (χ0v) is 27.9. The lowest BCUT2D eigenvalue weighted by atomic mass is 9.95. The Hall–Kier alpha value is -4.32. The van der Waals surface area contributed by atoms with Gasteiger partial charge in [-0.3, -0.25) is 0 Å². The number of rotatable bonds is 9. The molecule has 1 fully saturated rings. The monoisotopic (exact) mass is 664 g/mol. The molecule has 0 bridgehead atoms. The number of alkyl halides is 3. The van der Waals surface area contributed by atoms with Gasteiger partial charge in [-0.2, -0.15) is 4.99 Å². The molecule has 1 aliphatic rings. The van der Waals surface area contributed by atoms with Gasteiger partial charge in [0, 0.05) is 35.5 Å². The number of aliphatic imine (C=N–C) groups is 1. The average molecular weight is 665 g/mol. The number of carbonyl (C=O) groups excluding carboxylic acids is 1. The van der Waals surface area contributed by atoms with E-state index in [0.717, 1.165) is 40.6 Å². The third kappa shape index (κ3) is 8.34. The Kier molecular flexibility index (Phi) is 10.6.